The molecule has 3 aromatic rings. The maximum atomic E-state index is 12.7. The van der Waals surface area contributed by atoms with Crippen LogP contribution in [0.1, 0.15) is 23.1 Å². The molecular weight excluding hydrogens is 278 g/mol. The van der Waals surface area contributed by atoms with Crippen molar-refractivity contribution in [3.05, 3.63) is 60.0 Å². The Labute approximate surface area is 128 Å². The summed E-state index contributed by atoms with van der Waals surface area (Å²) >= 11 is 0. The highest BCUT2D eigenvalue weighted by atomic mass is 16.5. The number of hydrogen-bond donors (Lipinski definition) is 1. The summed E-state index contributed by atoms with van der Waals surface area (Å²) in [7, 11) is 1.60. The average Bonchev–Trinajstić information content (AvgIpc) is 2.93. The number of aryl methyl sites for hydroxylation is 1. The van der Waals surface area contributed by atoms with E-state index in [4.69, 9.17) is 4.74 Å². The molecule has 0 saturated carbocycles. The number of anilines is 1. The van der Waals surface area contributed by atoms with Gasteiger partial charge in [0.2, 0.25) is 0 Å². The quantitative estimate of drug-likeness (QED) is 0.804. The van der Waals surface area contributed by atoms with Crippen molar-refractivity contribution in [2.45, 2.75) is 13.3 Å². The Kier molecular flexibility index (Phi) is 3.78. The predicted octanol–water partition coefficient (Wildman–Crippen LogP) is 3.16. The highest BCUT2D eigenvalue weighted by Crippen LogP contribution is 2.19. The Bertz CT molecular complexity index is 824. The Balaban J connectivity index is 1.98. The molecule has 0 unspecified atom stereocenters. The number of nitrogens with zero attached hydrogens (tertiary/aromatic N) is 2. The molecule has 0 fully saturated rings. The van der Waals surface area contributed by atoms with E-state index in [0.29, 0.717) is 23.6 Å². The van der Waals surface area contributed by atoms with Crippen LogP contribution in [-0.4, -0.2) is 22.4 Å². The van der Waals surface area contributed by atoms with Gasteiger partial charge in [-0.3, -0.25) is 9.20 Å². The van der Waals surface area contributed by atoms with Gasteiger partial charge in [-0.25, -0.2) is 4.98 Å². The summed E-state index contributed by atoms with van der Waals surface area (Å²) in [4.78, 5) is 17.2. The molecule has 3 rings (SSSR count). The van der Waals surface area contributed by atoms with Crippen molar-refractivity contribution in [3.63, 3.8) is 0 Å². The summed E-state index contributed by atoms with van der Waals surface area (Å²) in [5.41, 5.74) is 2.82. The normalized spacial score (nSPS) is 10.6. The van der Waals surface area contributed by atoms with Crippen molar-refractivity contribution in [2.75, 3.05) is 12.4 Å². The van der Waals surface area contributed by atoms with E-state index < -0.39 is 0 Å². The third kappa shape index (κ3) is 2.53. The second-order valence-electron chi connectivity index (χ2n) is 4.88. The summed E-state index contributed by atoms with van der Waals surface area (Å²) in [6, 6.07) is 13.0. The highest BCUT2D eigenvalue weighted by molar-refractivity contribution is 6.04. The SMILES string of the molecule is CCc1nc2ccccn2c1C(=O)Nc1cccc(OC)c1. The van der Waals surface area contributed by atoms with E-state index in [0.717, 1.165) is 11.3 Å². The van der Waals surface area contributed by atoms with E-state index in [1.807, 2.05) is 53.9 Å². The van der Waals surface area contributed by atoms with Crippen LogP contribution < -0.4 is 10.1 Å². The fourth-order valence-corrected chi connectivity index (χ4v) is 2.42. The van der Waals surface area contributed by atoms with Crippen LogP contribution in [0.15, 0.2) is 48.7 Å². The zero-order chi connectivity index (χ0) is 15.5. The molecule has 5 heteroatoms. The summed E-state index contributed by atoms with van der Waals surface area (Å²) < 4.78 is 6.99. The minimum atomic E-state index is -0.177. The number of nitrogens with one attached hydrogen (secondary N) is 1. The van der Waals surface area contributed by atoms with Gasteiger partial charge in [0, 0.05) is 18.0 Å². The predicted molar refractivity (Wildman–Crippen MR) is 85.5 cm³/mol. The van der Waals surface area contributed by atoms with E-state index in [-0.39, 0.29) is 5.91 Å². The van der Waals surface area contributed by atoms with Crippen molar-refractivity contribution in [1.82, 2.24) is 9.38 Å². The first-order chi connectivity index (χ1) is 10.7. The van der Waals surface area contributed by atoms with Crippen LogP contribution in [-0.2, 0) is 6.42 Å². The minimum Gasteiger partial charge on any atom is -0.497 e. The molecule has 0 aliphatic carbocycles. The number of aromatic nitrogens is 2. The Morgan fingerprint density at radius 2 is 2.14 bits per heavy atom. The highest BCUT2D eigenvalue weighted by Gasteiger charge is 2.18. The first kappa shape index (κ1) is 14.1. The molecule has 1 aromatic carbocycles. The van der Waals surface area contributed by atoms with Crippen molar-refractivity contribution >= 4 is 17.2 Å². The fraction of sp³-hybridized carbons (Fsp3) is 0.176. The number of imidazole rings is 1. The van der Waals surface area contributed by atoms with E-state index in [1.54, 1.807) is 13.2 Å². The van der Waals surface area contributed by atoms with Gasteiger partial charge in [0.15, 0.2) is 0 Å². The number of carbonyl (C=O) groups is 1. The molecule has 0 aliphatic heterocycles. The molecule has 0 spiro atoms. The van der Waals surface area contributed by atoms with Gasteiger partial charge in [-0.05, 0) is 30.7 Å². The Morgan fingerprint density at radius 1 is 1.27 bits per heavy atom. The fourth-order valence-electron chi connectivity index (χ4n) is 2.42. The second kappa shape index (κ2) is 5.89. The third-order valence-electron chi connectivity index (χ3n) is 3.48. The maximum Gasteiger partial charge on any atom is 0.274 e. The van der Waals surface area contributed by atoms with E-state index in [1.165, 1.54) is 0 Å². The molecule has 1 amide bonds. The second-order valence-corrected chi connectivity index (χ2v) is 4.88. The molecule has 5 nitrogen and oxygen atoms in total. The molecule has 0 radical (unpaired) electrons. The molecule has 0 saturated heterocycles. The Hall–Kier alpha value is -2.82. The number of hydrogen-bond acceptors (Lipinski definition) is 3. The number of fused-ring (bicyclic) bond motifs is 1. The molecule has 1 N–H and O–H groups in total. The average molecular weight is 295 g/mol. The molecule has 2 aromatic heterocycles. The summed E-state index contributed by atoms with van der Waals surface area (Å²) in [6.07, 6.45) is 2.55. The van der Waals surface area contributed by atoms with Crippen molar-refractivity contribution in [2.24, 2.45) is 0 Å². The van der Waals surface area contributed by atoms with Crippen LogP contribution in [0.3, 0.4) is 0 Å². The van der Waals surface area contributed by atoms with Crippen molar-refractivity contribution in [1.29, 1.82) is 0 Å². The molecule has 0 aliphatic rings. The van der Waals surface area contributed by atoms with Crippen LogP contribution >= 0.6 is 0 Å². The van der Waals surface area contributed by atoms with Gasteiger partial charge in [-0.1, -0.05) is 19.1 Å². The van der Waals surface area contributed by atoms with Crippen LogP contribution in [0.2, 0.25) is 0 Å². The summed E-state index contributed by atoms with van der Waals surface area (Å²) in [6.45, 7) is 1.99. The Morgan fingerprint density at radius 3 is 2.91 bits per heavy atom. The summed E-state index contributed by atoms with van der Waals surface area (Å²) in [5.74, 6) is 0.524. The maximum absolute atomic E-state index is 12.7. The molecule has 22 heavy (non-hydrogen) atoms. The van der Waals surface area contributed by atoms with Crippen LogP contribution in [0, 0.1) is 0 Å². The topological polar surface area (TPSA) is 55.6 Å². The van der Waals surface area contributed by atoms with Gasteiger partial charge < -0.3 is 10.1 Å². The molecule has 0 bridgehead atoms. The number of ether oxygens (including phenoxy) is 1. The lowest BCUT2D eigenvalue weighted by Crippen LogP contribution is -2.16. The first-order valence-corrected chi connectivity index (χ1v) is 7.14. The monoisotopic (exact) mass is 295 g/mol. The molecule has 0 atom stereocenters. The van der Waals surface area contributed by atoms with Crippen molar-refractivity contribution < 1.29 is 9.53 Å². The van der Waals surface area contributed by atoms with E-state index in [9.17, 15) is 4.79 Å². The van der Waals surface area contributed by atoms with Gasteiger partial charge in [-0.15, -0.1) is 0 Å². The zero-order valence-corrected chi connectivity index (χ0v) is 12.5. The van der Waals surface area contributed by atoms with Crippen LogP contribution in [0.25, 0.3) is 5.65 Å². The third-order valence-corrected chi connectivity index (χ3v) is 3.48. The van der Waals surface area contributed by atoms with Gasteiger partial charge >= 0.3 is 0 Å². The van der Waals surface area contributed by atoms with Gasteiger partial charge in [0.25, 0.3) is 5.91 Å². The number of benzene rings is 1. The smallest absolute Gasteiger partial charge is 0.274 e. The van der Waals surface area contributed by atoms with E-state index >= 15 is 0 Å². The van der Waals surface area contributed by atoms with Crippen molar-refractivity contribution in [3.8, 4) is 5.75 Å². The molecule has 2 heterocycles. The lowest BCUT2D eigenvalue weighted by atomic mass is 10.2. The van der Waals surface area contributed by atoms with Crippen LogP contribution in [0.5, 0.6) is 5.75 Å². The summed E-state index contributed by atoms with van der Waals surface area (Å²) in [5, 5.41) is 2.91. The number of pyridine rings is 1. The van der Waals surface area contributed by atoms with Gasteiger partial charge in [0.1, 0.15) is 17.1 Å². The van der Waals surface area contributed by atoms with Crippen LogP contribution in [0.4, 0.5) is 5.69 Å². The van der Waals surface area contributed by atoms with Gasteiger partial charge in [0.05, 0.1) is 12.8 Å². The standard InChI is InChI=1S/C17H17N3O2/c1-3-14-16(20-10-5-4-9-15(20)19-14)17(21)18-12-7-6-8-13(11-12)22-2/h4-11H,3H2,1-2H3,(H,18,21). The number of rotatable bonds is 4. The van der Waals surface area contributed by atoms with E-state index in [2.05, 4.69) is 10.3 Å². The molecular formula is C17H17N3O2. The minimum absolute atomic E-state index is 0.177. The number of amides is 1. The molecule has 112 valence electrons. The number of methoxy groups -OCH3 is 1. The number of carbonyl (C=O) groups excluding carboxylic acids is 1. The van der Waals surface area contributed by atoms with Gasteiger partial charge in [-0.2, -0.15) is 0 Å². The lowest BCUT2D eigenvalue weighted by Gasteiger charge is -2.08. The lowest BCUT2D eigenvalue weighted by molar-refractivity contribution is 0.102. The first-order valence-electron chi connectivity index (χ1n) is 7.14. The zero-order valence-electron chi connectivity index (χ0n) is 12.5. The largest absolute Gasteiger partial charge is 0.497 e.